The number of allylic oxidation sites excluding steroid dienone is 1. The smallest absolute Gasteiger partial charge is 0.338 e. The van der Waals surface area contributed by atoms with Crippen LogP contribution in [-0.2, 0) is 9.53 Å². The predicted molar refractivity (Wildman–Crippen MR) is 166 cm³/mol. The number of hydrogen-bond donors (Lipinski definition) is 1. The fraction of sp³-hybridized carbons (Fsp3) is 0.269. The van der Waals surface area contributed by atoms with Gasteiger partial charge in [0.2, 0.25) is 0 Å². The monoisotopic (exact) mass is 824 g/mol. The van der Waals surface area contributed by atoms with E-state index in [0.29, 0.717) is 50.3 Å². The first-order chi connectivity index (χ1) is 18.1. The van der Waals surface area contributed by atoms with Gasteiger partial charge in [0.05, 0.1) is 49.3 Å². The molecular weight excluding hydrogens is 802 g/mol. The minimum Gasteiger partial charge on any atom is -0.506 e. The number of nitrogens with zero attached hydrogens (tertiary/aromatic N) is 2. The summed E-state index contributed by atoms with van der Waals surface area (Å²) >= 11 is 8.97. The summed E-state index contributed by atoms with van der Waals surface area (Å²) in [5, 5.41) is 10.1. The third-order valence-corrected chi connectivity index (χ3v) is 9.05. The van der Waals surface area contributed by atoms with Crippen LogP contribution in [0.25, 0.3) is 6.08 Å². The van der Waals surface area contributed by atoms with Crippen LogP contribution in [0.4, 0.5) is 0 Å². The second-order valence-electron chi connectivity index (χ2n) is 8.09. The number of ether oxygens (including phenoxy) is 3. The second kappa shape index (κ2) is 12.1. The van der Waals surface area contributed by atoms with Crippen molar-refractivity contribution in [3.05, 3.63) is 78.0 Å². The van der Waals surface area contributed by atoms with Crippen LogP contribution in [0.3, 0.4) is 0 Å². The molecule has 1 N–H and O–H groups in total. The molecule has 1 atom stereocenters. The number of aromatic nitrogens is 1. The lowest BCUT2D eigenvalue weighted by Crippen LogP contribution is -2.40. The fourth-order valence-corrected chi connectivity index (χ4v) is 7.50. The van der Waals surface area contributed by atoms with Gasteiger partial charge in [0.15, 0.2) is 16.3 Å². The Hall–Kier alpha value is -1.91. The molecule has 2 heterocycles. The Morgan fingerprint density at radius 3 is 2.47 bits per heavy atom. The maximum atomic E-state index is 13.9. The van der Waals surface area contributed by atoms with Gasteiger partial charge in [-0.05, 0) is 107 Å². The summed E-state index contributed by atoms with van der Waals surface area (Å²) < 4.78 is 20.6. The van der Waals surface area contributed by atoms with Gasteiger partial charge in [0, 0.05) is 4.47 Å². The van der Waals surface area contributed by atoms with E-state index < -0.39 is 12.0 Å². The summed E-state index contributed by atoms with van der Waals surface area (Å²) in [6, 6.07) is 6.32. The predicted octanol–water partition coefficient (Wildman–Crippen LogP) is 4.88. The van der Waals surface area contributed by atoms with E-state index in [1.807, 2.05) is 6.92 Å². The zero-order chi connectivity index (χ0) is 27.7. The minimum atomic E-state index is -0.813. The number of benzene rings is 2. The fourth-order valence-electron chi connectivity index (χ4n) is 4.09. The highest BCUT2D eigenvalue weighted by Gasteiger charge is 2.35. The molecule has 1 aliphatic heterocycles. The van der Waals surface area contributed by atoms with E-state index in [1.54, 1.807) is 44.2 Å². The molecule has 4 rings (SSSR count). The van der Waals surface area contributed by atoms with Gasteiger partial charge in [-0.1, -0.05) is 27.3 Å². The molecule has 8 nitrogen and oxygen atoms in total. The van der Waals surface area contributed by atoms with Crippen LogP contribution in [-0.4, -0.2) is 36.0 Å². The van der Waals surface area contributed by atoms with Crippen molar-refractivity contribution in [2.24, 2.45) is 4.99 Å². The standard InChI is InChI=1S/C26H23BrI2N2O6S/c1-5-36-19-11-15(27)14(10-18(19)35-4)22-21(25(34)37-6-2)12(3)30-26-31(22)24(33)20(38-26)9-13-7-16(28)23(32)17(29)8-13/h7-11,22,32H,5-6H2,1-4H3/b20-9+/t22-/m0/s1. The van der Waals surface area contributed by atoms with Crippen molar-refractivity contribution in [1.29, 1.82) is 0 Å². The number of rotatable bonds is 7. The maximum Gasteiger partial charge on any atom is 0.338 e. The highest BCUT2D eigenvalue weighted by atomic mass is 127. The van der Waals surface area contributed by atoms with E-state index in [9.17, 15) is 14.7 Å². The number of carbonyl (C=O) groups excluding carboxylic acids is 1. The zero-order valence-corrected chi connectivity index (χ0v) is 27.5. The first-order valence-electron chi connectivity index (χ1n) is 11.5. The van der Waals surface area contributed by atoms with E-state index in [4.69, 9.17) is 14.2 Å². The molecular formula is C26H23BrI2N2O6S. The van der Waals surface area contributed by atoms with Crippen molar-refractivity contribution in [1.82, 2.24) is 4.57 Å². The van der Waals surface area contributed by atoms with Crippen molar-refractivity contribution in [3.63, 3.8) is 0 Å². The number of carbonyl (C=O) groups is 1. The molecule has 0 saturated carbocycles. The number of phenols is 1. The van der Waals surface area contributed by atoms with Crippen LogP contribution < -0.4 is 24.4 Å². The molecule has 3 aromatic rings. The number of aromatic hydroxyl groups is 1. The van der Waals surface area contributed by atoms with Gasteiger partial charge in [-0.2, -0.15) is 0 Å². The lowest BCUT2D eigenvalue weighted by atomic mass is 9.95. The number of methoxy groups -OCH3 is 1. The topological polar surface area (TPSA) is 99.4 Å². The van der Waals surface area contributed by atoms with Crippen molar-refractivity contribution in [3.8, 4) is 17.2 Å². The van der Waals surface area contributed by atoms with Crippen LogP contribution in [0.15, 0.2) is 49.8 Å². The van der Waals surface area contributed by atoms with Gasteiger partial charge >= 0.3 is 5.97 Å². The molecule has 0 amide bonds. The number of esters is 1. The molecule has 0 spiro atoms. The summed E-state index contributed by atoms with van der Waals surface area (Å²) in [5.41, 5.74) is 1.83. The number of fused-ring (bicyclic) bond motifs is 1. The molecule has 0 fully saturated rings. The van der Waals surface area contributed by atoms with Crippen LogP contribution in [0.2, 0.25) is 0 Å². The zero-order valence-electron chi connectivity index (χ0n) is 20.8. The van der Waals surface area contributed by atoms with Gasteiger partial charge in [0.1, 0.15) is 5.75 Å². The summed E-state index contributed by atoms with van der Waals surface area (Å²) in [4.78, 5) is 32.2. The Morgan fingerprint density at radius 1 is 1.18 bits per heavy atom. The lowest BCUT2D eigenvalue weighted by Gasteiger charge is -2.26. The molecule has 0 unspecified atom stereocenters. The van der Waals surface area contributed by atoms with Crippen LogP contribution in [0, 0.1) is 7.14 Å². The Morgan fingerprint density at radius 2 is 1.87 bits per heavy atom. The number of halogens is 3. The first kappa shape index (κ1) is 29.1. The largest absolute Gasteiger partial charge is 0.506 e. The van der Waals surface area contributed by atoms with Gasteiger partial charge in [-0.3, -0.25) is 9.36 Å². The second-order valence-corrected chi connectivity index (χ2v) is 12.3. The van der Waals surface area contributed by atoms with Crippen molar-refractivity contribution < 1.29 is 24.1 Å². The maximum absolute atomic E-state index is 13.9. The average Bonchev–Trinajstić information content (AvgIpc) is 3.16. The molecule has 0 saturated heterocycles. The minimum absolute atomic E-state index is 0.179. The van der Waals surface area contributed by atoms with Crippen molar-refractivity contribution >= 4 is 84.5 Å². The Kier molecular flexibility index (Phi) is 9.25. The first-order valence-corrected chi connectivity index (χ1v) is 15.3. The molecule has 12 heteroatoms. The van der Waals surface area contributed by atoms with Crippen molar-refractivity contribution in [2.75, 3.05) is 20.3 Å². The third kappa shape index (κ3) is 5.54. The summed E-state index contributed by atoms with van der Waals surface area (Å²) in [6.07, 6.45) is 1.77. The average molecular weight is 825 g/mol. The third-order valence-electron chi connectivity index (χ3n) is 5.73. The van der Waals surface area contributed by atoms with Crippen LogP contribution >= 0.6 is 72.4 Å². The van der Waals surface area contributed by atoms with E-state index >= 15 is 0 Å². The Labute approximate surface area is 258 Å². The van der Waals surface area contributed by atoms with Gasteiger partial charge in [0.25, 0.3) is 5.56 Å². The van der Waals surface area contributed by atoms with E-state index in [1.165, 1.54) is 23.0 Å². The quantitative estimate of drug-likeness (QED) is 0.270. The molecule has 200 valence electrons. The van der Waals surface area contributed by atoms with Gasteiger partial charge in [-0.25, -0.2) is 9.79 Å². The normalized spacial score (nSPS) is 15.2. The van der Waals surface area contributed by atoms with Gasteiger partial charge in [-0.15, -0.1) is 0 Å². The lowest BCUT2D eigenvalue weighted by molar-refractivity contribution is -0.139. The van der Waals surface area contributed by atoms with Crippen LogP contribution in [0.5, 0.6) is 17.2 Å². The Bertz CT molecular complexity index is 1620. The SMILES string of the molecule is CCOC(=O)C1=C(C)N=c2s/c(=C/c3cc(I)c(O)c(I)c3)c(=O)n2[C@H]1c1cc(OC)c(OCC)cc1Br. The van der Waals surface area contributed by atoms with Crippen LogP contribution in [0.1, 0.15) is 37.9 Å². The van der Waals surface area contributed by atoms with Gasteiger partial charge < -0.3 is 19.3 Å². The Balaban J connectivity index is 2.00. The van der Waals surface area contributed by atoms with Crippen molar-refractivity contribution in [2.45, 2.75) is 26.8 Å². The molecule has 0 aliphatic carbocycles. The number of hydrogen-bond acceptors (Lipinski definition) is 8. The molecule has 0 bridgehead atoms. The molecule has 2 aromatic carbocycles. The molecule has 38 heavy (non-hydrogen) atoms. The molecule has 0 radical (unpaired) electrons. The van der Waals surface area contributed by atoms with E-state index in [-0.39, 0.29) is 23.5 Å². The van der Waals surface area contributed by atoms with E-state index in [0.717, 1.165) is 5.56 Å². The number of phenolic OH excluding ortho intramolecular Hbond substituents is 1. The highest BCUT2D eigenvalue weighted by Crippen LogP contribution is 2.41. The van der Waals surface area contributed by atoms with E-state index in [2.05, 4.69) is 66.1 Å². The highest BCUT2D eigenvalue weighted by molar-refractivity contribution is 14.1. The number of thiazole rings is 1. The summed E-state index contributed by atoms with van der Waals surface area (Å²) in [7, 11) is 1.54. The summed E-state index contributed by atoms with van der Waals surface area (Å²) in [5.74, 6) is 0.662. The molecule has 1 aliphatic rings. The molecule has 1 aromatic heterocycles. The summed E-state index contributed by atoms with van der Waals surface area (Å²) in [6.45, 7) is 5.97.